The largest absolute Gasteiger partial charge is 0.480 e. The van der Waals surface area contributed by atoms with E-state index in [0.717, 1.165) is 24.2 Å². The topological polar surface area (TPSA) is 86.7 Å². The number of rotatable bonds is 2. The van der Waals surface area contributed by atoms with Gasteiger partial charge in [-0.1, -0.05) is 20.3 Å². The van der Waals surface area contributed by atoms with Crippen LogP contribution in [0.5, 0.6) is 0 Å². The zero-order valence-electron chi connectivity index (χ0n) is 10.6. The summed E-state index contributed by atoms with van der Waals surface area (Å²) in [6.45, 7) is 3.32. The zero-order valence-corrected chi connectivity index (χ0v) is 10.6. The summed E-state index contributed by atoms with van der Waals surface area (Å²) in [5, 5.41) is 11.5. The lowest BCUT2D eigenvalue weighted by molar-refractivity contribution is -0.144. The highest BCUT2D eigenvalue weighted by atomic mass is 16.4. The van der Waals surface area contributed by atoms with E-state index in [1.807, 2.05) is 13.8 Å². The van der Waals surface area contributed by atoms with Crippen LogP contribution in [0.25, 0.3) is 0 Å². The fourth-order valence-electron chi connectivity index (χ4n) is 3.23. The molecule has 0 radical (unpaired) electrons. The van der Waals surface area contributed by atoms with E-state index < -0.39 is 24.1 Å². The van der Waals surface area contributed by atoms with E-state index >= 15 is 0 Å². The number of carboxylic acid groups (broad SMARTS) is 1. The third-order valence-corrected chi connectivity index (χ3v) is 4.28. The lowest BCUT2D eigenvalue weighted by Crippen LogP contribution is -2.59. The van der Waals surface area contributed by atoms with Crippen LogP contribution >= 0.6 is 0 Å². The predicted molar refractivity (Wildman–Crippen MR) is 62.8 cm³/mol. The third kappa shape index (κ3) is 1.67. The van der Waals surface area contributed by atoms with E-state index in [1.165, 1.54) is 0 Å². The van der Waals surface area contributed by atoms with Gasteiger partial charge in [0.2, 0.25) is 0 Å². The number of imide groups is 1. The minimum absolute atomic E-state index is 0.0384. The number of carbonyl (C=O) groups excluding carboxylic acids is 2. The lowest BCUT2D eigenvalue weighted by atomic mass is 9.67. The Kier molecular flexibility index (Phi) is 3.04. The molecule has 1 spiro atoms. The maximum atomic E-state index is 12.4. The van der Waals surface area contributed by atoms with Crippen molar-refractivity contribution in [1.82, 2.24) is 10.2 Å². The first-order valence-corrected chi connectivity index (χ1v) is 6.25. The van der Waals surface area contributed by atoms with Crippen LogP contribution in [0.15, 0.2) is 0 Å². The number of hydrogen-bond acceptors (Lipinski definition) is 3. The Labute approximate surface area is 105 Å². The van der Waals surface area contributed by atoms with Crippen molar-refractivity contribution < 1.29 is 19.5 Å². The van der Waals surface area contributed by atoms with Gasteiger partial charge < -0.3 is 10.4 Å². The molecule has 6 heteroatoms. The van der Waals surface area contributed by atoms with E-state index in [1.54, 1.807) is 0 Å². The van der Waals surface area contributed by atoms with E-state index in [9.17, 15) is 14.4 Å². The summed E-state index contributed by atoms with van der Waals surface area (Å²) in [5.41, 5.74) is -0.898. The van der Waals surface area contributed by atoms with E-state index in [-0.39, 0.29) is 17.7 Å². The highest BCUT2D eigenvalue weighted by Crippen LogP contribution is 2.41. The standard InChI is InChI=1S/C12H18N2O4/c1-7-4-3-5-8(2)12(7)10(17)14(6-9(15)16)11(18)13-12/h7-8H,3-6H2,1-2H3,(H,13,18)(H,15,16). The van der Waals surface area contributed by atoms with Crippen LogP contribution in [-0.4, -0.2) is 40.0 Å². The van der Waals surface area contributed by atoms with E-state index in [4.69, 9.17) is 5.11 Å². The molecule has 0 aromatic carbocycles. The summed E-state index contributed by atoms with van der Waals surface area (Å²) in [6, 6.07) is -0.581. The fraction of sp³-hybridized carbons (Fsp3) is 0.750. The molecule has 2 rings (SSSR count). The second-order valence-electron chi connectivity index (χ2n) is 5.32. The maximum absolute atomic E-state index is 12.4. The van der Waals surface area contributed by atoms with Crippen LogP contribution in [-0.2, 0) is 9.59 Å². The highest BCUT2D eigenvalue weighted by molar-refractivity contribution is 6.09. The summed E-state index contributed by atoms with van der Waals surface area (Å²) < 4.78 is 0. The number of nitrogens with zero attached hydrogens (tertiary/aromatic N) is 1. The van der Waals surface area contributed by atoms with E-state index in [2.05, 4.69) is 5.32 Å². The minimum atomic E-state index is -1.17. The number of nitrogens with one attached hydrogen (secondary N) is 1. The van der Waals surface area contributed by atoms with Crippen LogP contribution in [0.2, 0.25) is 0 Å². The van der Waals surface area contributed by atoms with Crippen molar-refractivity contribution in [2.45, 2.75) is 38.6 Å². The summed E-state index contributed by atoms with van der Waals surface area (Å²) in [5.74, 6) is -1.48. The Morgan fingerprint density at radius 2 is 1.94 bits per heavy atom. The lowest BCUT2D eigenvalue weighted by Gasteiger charge is -2.42. The van der Waals surface area contributed by atoms with Gasteiger partial charge in [0.1, 0.15) is 12.1 Å². The highest BCUT2D eigenvalue weighted by Gasteiger charge is 2.58. The first-order chi connectivity index (χ1) is 8.39. The normalized spacial score (nSPS) is 36.0. The van der Waals surface area contributed by atoms with Crippen molar-refractivity contribution in [2.75, 3.05) is 6.54 Å². The van der Waals surface area contributed by atoms with Gasteiger partial charge in [-0.25, -0.2) is 4.79 Å². The molecule has 2 fully saturated rings. The van der Waals surface area contributed by atoms with Gasteiger partial charge in [0.15, 0.2) is 0 Å². The first kappa shape index (κ1) is 12.9. The Bertz CT molecular complexity index is 397. The summed E-state index contributed by atoms with van der Waals surface area (Å²) in [6.07, 6.45) is 2.78. The summed E-state index contributed by atoms with van der Waals surface area (Å²) in [4.78, 5) is 35.8. The van der Waals surface area contributed by atoms with Crippen molar-refractivity contribution in [3.05, 3.63) is 0 Å². The Balaban J connectivity index is 2.32. The molecule has 1 aliphatic heterocycles. The fourth-order valence-corrected chi connectivity index (χ4v) is 3.23. The van der Waals surface area contributed by atoms with Crippen LogP contribution in [0.1, 0.15) is 33.1 Å². The SMILES string of the molecule is CC1CCCC(C)C12NC(=O)N(CC(=O)O)C2=O. The van der Waals surface area contributed by atoms with Gasteiger partial charge in [0.05, 0.1) is 0 Å². The molecule has 6 nitrogen and oxygen atoms in total. The molecule has 1 saturated heterocycles. The van der Waals surface area contributed by atoms with Crippen molar-refractivity contribution in [2.24, 2.45) is 11.8 Å². The number of urea groups is 1. The van der Waals surface area contributed by atoms with Crippen LogP contribution in [0, 0.1) is 11.8 Å². The van der Waals surface area contributed by atoms with E-state index in [0.29, 0.717) is 0 Å². The molecule has 100 valence electrons. The van der Waals surface area contributed by atoms with Crippen LogP contribution in [0.4, 0.5) is 4.79 Å². The molecule has 0 aromatic rings. The molecule has 2 N–H and O–H groups in total. The maximum Gasteiger partial charge on any atom is 0.325 e. The summed E-state index contributed by atoms with van der Waals surface area (Å²) >= 11 is 0. The average Bonchev–Trinajstić information content (AvgIpc) is 2.52. The molecule has 2 aliphatic rings. The third-order valence-electron chi connectivity index (χ3n) is 4.28. The van der Waals surface area contributed by atoms with Gasteiger partial charge in [-0.2, -0.15) is 0 Å². The molecule has 2 unspecified atom stereocenters. The molecular formula is C12H18N2O4. The monoisotopic (exact) mass is 254 g/mol. The van der Waals surface area contributed by atoms with Crippen molar-refractivity contribution in [3.8, 4) is 0 Å². The Morgan fingerprint density at radius 3 is 2.44 bits per heavy atom. The van der Waals surface area contributed by atoms with Crippen molar-refractivity contribution in [1.29, 1.82) is 0 Å². The molecule has 1 saturated carbocycles. The molecular weight excluding hydrogens is 236 g/mol. The summed E-state index contributed by atoms with van der Waals surface area (Å²) in [7, 11) is 0. The predicted octanol–water partition coefficient (Wildman–Crippen LogP) is 0.818. The molecule has 18 heavy (non-hydrogen) atoms. The molecule has 0 aromatic heterocycles. The molecule has 0 bridgehead atoms. The molecule has 2 atom stereocenters. The smallest absolute Gasteiger partial charge is 0.325 e. The van der Waals surface area contributed by atoms with Gasteiger partial charge in [0.25, 0.3) is 5.91 Å². The van der Waals surface area contributed by atoms with Gasteiger partial charge in [-0.05, 0) is 24.7 Å². The second-order valence-corrected chi connectivity index (χ2v) is 5.32. The second kappa shape index (κ2) is 4.26. The molecule has 1 heterocycles. The first-order valence-electron chi connectivity index (χ1n) is 6.25. The Hall–Kier alpha value is -1.59. The number of carboxylic acids is 1. The van der Waals surface area contributed by atoms with Gasteiger partial charge in [-0.3, -0.25) is 14.5 Å². The zero-order chi connectivity index (χ0) is 13.5. The minimum Gasteiger partial charge on any atom is -0.480 e. The van der Waals surface area contributed by atoms with Crippen LogP contribution in [0.3, 0.4) is 0 Å². The number of hydrogen-bond donors (Lipinski definition) is 2. The quantitative estimate of drug-likeness (QED) is 0.714. The number of aliphatic carboxylic acids is 1. The van der Waals surface area contributed by atoms with Crippen molar-refractivity contribution >= 4 is 17.9 Å². The van der Waals surface area contributed by atoms with Crippen LogP contribution < -0.4 is 5.32 Å². The molecule has 1 aliphatic carbocycles. The van der Waals surface area contributed by atoms with Gasteiger partial charge in [-0.15, -0.1) is 0 Å². The Morgan fingerprint density at radius 1 is 1.39 bits per heavy atom. The van der Waals surface area contributed by atoms with Gasteiger partial charge in [0, 0.05) is 0 Å². The van der Waals surface area contributed by atoms with Crippen molar-refractivity contribution in [3.63, 3.8) is 0 Å². The number of carbonyl (C=O) groups is 3. The average molecular weight is 254 g/mol. The van der Waals surface area contributed by atoms with Gasteiger partial charge >= 0.3 is 12.0 Å². The number of amides is 3. The molecule has 3 amide bonds.